The third-order valence-electron chi connectivity index (χ3n) is 3.39. The number of ketones is 1. The Kier molecular flexibility index (Phi) is 3.11. The Morgan fingerprint density at radius 2 is 1.78 bits per heavy atom. The SMILES string of the molecule is COc1c(C)cc(C(=O)C2CC2C(=O)O)cc1C. The first-order chi connectivity index (χ1) is 8.45. The molecule has 18 heavy (non-hydrogen) atoms. The minimum Gasteiger partial charge on any atom is -0.496 e. The molecule has 1 N–H and O–H groups in total. The van der Waals surface area contributed by atoms with Gasteiger partial charge < -0.3 is 9.84 Å². The van der Waals surface area contributed by atoms with Crippen LogP contribution in [0.15, 0.2) is 12.1 Å². The number of hydrogen-bond donors (Lipinski definition) is 1. The first kappa shape index (κ1) is 12.6. The van der Waals surface area contributed by atoms with Gasteiger partial charge in [0.15, 0.2) is 5.78 Å². The molecule has 1 saturated carbocycles. The van der Waals surface area contributed by atoms with Crippen molar-refractivity contribution in [1.82, 2.24) is 0 Å². The van der Waals surface area contributed by atoms with E-state index in [1.165, 1.54) is 0 Å². The first-order valence-corrected chi connectivity index (χ1v) is 5.88. The van der Waals surface area contributed by atoms with Crippen molar-refractivity contribution in [2.24, 2.45) is 11.8 Å². The molecule has 0 aliphatic heterocycles. The molecular weight excluding hydrogens is 232 g/mol. The lowest BCUT2D eigenvalue weighted by molar-refractivity contribution is -0.138. The van der Waals surface area contributed by atoms with E-state index in [0.29, 0.717) is 12.0 Å². The quantitative estimate of drug-likeness (QED) is 0.830. The van der Waals surface area contributed by atoms with Crippen molar-refractivity contribution in [2.45, 2.75) is 20.3 Å². The van der Waals surface area contributed by atoms with Gasteiger partial charge in [-0.25, -0.2) is 0 Å². The van der Waals surface area contributed by atoms with Crippen LogP contribution in [0.25, 0.3) is 0 Å². The second-order valence-corrected chi connectivity index (χ2v) is 4.79. The summed E-state index contributed by atoms with van der Waals surface area (Å²) in [4.78, 5) is 22.9. The van der Waals surface area contributed by atoms with Crippen LogP contribution in [0.5, 0.6) is 5.75 Å². The average Bonchev–Trinajstić information content (AvgIpc) is 3.07. The summed E-state index contributed by atoms with van der Waals surface area (Å²) in [5.41, 5.74) is 2.38. The van der Waals surface area contributed by atoms with E-state index in [9.17, 15) is 9.59 Å². The third kappa shape index (κ3) is 2.10. The second-order valence-electron chi connectivity index (χ2n) is 4.79. The van der Waals surface area contributed by atoms with Gasteiger partial charge in [0.05, 0.1) is 13.0 Å². The van der Waals surface area contributed by atoms with Gasteiger partial charge in [0.1, 0.15) is 5.75 Å². The normalized spacial score (nSPS) is 21.5. The first-order valence-electron chi connectivity index (χ1n) is 5.88. The Balaban J connectivity index is 2.25. The summed E-state index contributed by atoms with van der Waals surface area (Å²) < 4.78 is 5.24. The molecule has 0 amide bonds. The van der Waals surface area contributed by atoms with Crippen molar-refractivity contribution in [3.05, 3.63) is 28.8 Å². The predicted molar refractivity (Wildman–Crippen MR) is 66.0 cm³/mol. The Morgan fingerprint density at radius 3 is 2.17 bits per heavy atom. The smallest absolute Gasteiger partial charge is 0.307 e. The van der Waals surface area contributed by atoms with E-state index in [2.05, 4.69) is 0 Å². The number of ether oxygens (including phenoxy) is 1. The summed E-state index contributed by atoms with van der Waals surface area (Å²) in [6, 6.07) is 3.54. The van der Waals surface area contributed by atoms with Gasteiger partial charge in [-0.1, -0.05) is 0 Å². The number of carbonyl (C=O) groups is 2. The van der Waals surface area contributed by atoms with Gasteiger partial charge in [0, 0.05) is 11.5 Å². The van der Waals surface area contributed by atoms with E-state index in [-0.39, 0.29) is 11.7 Å². The fourth-order valence-corrected chi connectivity index (χ4v) is 2.39. The Hall–Kier alpha value is -1.84. The van der Waals surface area contributed by atoms with E-state index in [1.54, 1.807) is 19.2 Å². The molecule has 1 aromatic carbocycles. The van der Waals surface area contributed by atoms with Gasteiger partial charge in [-0.3, -0.25) is 9.59 Å². The van der Waals surface area contributed by atoms with Crippen LogP contribution in [0.3, 0.4) is 0 Å². The fourth-order valence-electron chi connectivity index (χ4n) is 2.39. The number of aryl methyl sites for hydroxylation is 2. The van der Waals surface area contributed by atoms with Crippen LogP contribution in [0, 0.1) is 25.7 Å². The summed E-state index contributed by atoms with van der Waals surface area (Å²) in [5, 5.41) is 8.84. The van der Waals surface area contributed by atoms with Crippen molar-refractivity contribution in [3.63, 3.8) is 0 Å². The molecule has 2 rings (SSSR count). The molecule has 2 atom stereocenters. The summed E-state index contributed by atoms with van der Waals surface area (Å²) >= 11 is 0. The molecule has 4 nitrogen and oxygen atoms in total. The number of carboxylic acid groups (broad SMARTS) is 1. The minimum absolute atomic E-state index is 0.0729. The van der Waals surface area contributed by atoms with Gasteiger partial charge in [-0.2, -0.15) is 0 Å². The molecular formula is C14H16O4. The van der Waals surface area contributed by atoms with Gasteiger partial charge >= 0.3 is 5.97 Å². The predicted octanol–water partition coefficient (Wildman–Crippen LogP) is 2.22. The van der Waals surface area contributed by atoms with E-state index >= 15 is 0 Å². The molecule has 1 aliphatic carbocycles. The van der Waals surface area contributed by atoms with Crippen LogP contribution in [0.4, 0.5) is 0 Å². The fraction of sp³-hybridized carbons (Fsp3) is 0.429. The highest BCUT2D eigenvalue weighted by Gasteiger charge is 2.48. The maximum atomic E-state index is 12.1. The van der Waals surface area contributed by atoms with Crippen molar-refractivity contribution >= 4 is 11.8 Å². The lowest BCUT2D eigenvalue weighted by Crippen LogP contribution is -2.09. The number of benzene rings is 1. The largest absolute Gasteiger partial charge is 0.496 e. The zero-order chi connectivity index (χ0) is 13.4. The van der Waals surface area contributed by atoms with Crippen molar-refractivity contribution < 1.29 is 19.4 Å². The van der Waals surface area contributed by atoms with Crippen LogP contribution in [0.2, 0.25) is 0 Å². The summed E-state index contributed by atoms with van der Waals surface area (Å²) in [6.07, 6.45) is 0.457. The highest BCUT2D eigenvalue weighted by atomic mass is 16.5. The number of hydrogen-bond acceptors (Lipinski definition) is 3. The lowest BCUT2D eigenvalue weighted by Gasteiger charge is -2.10. The van der Waals surface area contributed by atoms with Crippen molar-refractivity contribution in [2.75, 3.05) is 7.11 Å². The average molecular weight is 248 g/mol. The van der Waals surface area contributed by atoms with Crippen LogP contribution in [-0.2, 0) is 4.79 Å². The van der Waals surface area contributed by atoms with Crippen LogP contribution in [0.1, 0.15) is 27.9 Å². The zero-order valence-corrected chi connectivity index (χ0v) is 10.7. The number of rotatable bonds is 4. The molecule has 0 spiro atoms. The highest BCUT2D eigenvalue weighted by Crippen LogP contribution is 2.41. The monoisotopic (exact) mass is 248 g/mol. The van der Waals surface area contributed by atoms with Gasteiger partial charge in [0.2, 0.25) is 0 Å². The zero-order valence-electron chi connectivity index (χ0n) is 10.7. The van der Waals surface area contributed by atoms with E-state index in [0.717, 1.165) is 16.9 Å². The Morgan fingerprint density at radius 1 is 1.22 bits per heavy atom. The maximum absolute atomic E-state index is 12.1. The van der Waals surface area contributed by atoms with E-state index < -0.39 is 11.9 Å². The molecule has 0 heterocycles. The molecule has 0 radical (unpaired) electrons. The number of carboxylic acids is 1. The van der Waals surface area contributed by atoms with E-state index in [4.69, 9.17) is 9.84 Å². The van der Waals surface area contributed by atoms with Gasteiger partial charge in [-0.05, 0) is 43.5 Å². The third-order valence-corrected chi connectivity index (χ3v) is 3.39. The molecule has 0 bridgehead atoms. The number of methoxy groups -OCH3 is 1. The molecule has 96 valence electrons. The van der Waals surface area contributed by atoms with Crippen LogP contribution >= 0.6 is 0 Å². The maximum Gasteiger partial charge on any atom is 0.307 e. The Bertz CT molecular complexity index is 496. The molecule has 1 aliphatic rings. The summed E-state index contributed by atoms with van der Waals surface area (Å²) in [5.74, 6) is -1.03. The standard InChI is InChI=1S/C14H16O4/c1-7-4-9(5-8(2)13(7)18-3)12(15)10-6-11(10)14(16)17/h4-5,10-11H,6H2,1-3H3,(H,16,17). The highest BCUT2D eigenvalue weighted by molar-refractivity contribution is 6.03. The molecule has 1 aromatic rings. The summed E-state index contributed by atoms with van der Waals surface area (Å²) in [6.45, 7) is 3.76. The summed E-state index contributed by atoms with van der Waals surface area (Å²) in [7, 11) is 1.60. The van der Waals surface area contributed by atoms with Crippen molar-refractivity contribution in [3.8, 4) is 5.75 Å². The molecule has 0 aromatic heterocycles. The van der Waals surface area contributed by atoms with Crippen LogP contribution < -0.4 is 4.74 Å². The molecule has 2 unspecified atom stereocenters. The van der Waals surface area contributed by atoms with Crippen molar-refractivity contribution in [1.29, 1.82) is 0 Å². The number of Topliss-reactive ketones (excluding diaryl/α,β-unsaturated/α-hetero) is 1. The topological polar surface area (TPSA) is 63.6 Å². The lowest BCUT2D eigenvalue weighted by atomic mass is 10.00. The number of aliphatic carboxylic acids is 1. The second kappa shape index (κ2) is 4.44. The van der Waals surface area contributed by atoms with Gasteiger partial charge in [0.25, 0.3) is 0 Å². The molecule has 4 heteroatoms. The number of carbonyl (C=O) groups excluding carboxylic acids is 1. The molecule has 1 fully saturated rings. The van der Waals surface area contributed by atoms with E-state index in [1.807, 2.05) is 13.8 Å². The van der Waals surface area contributed by atoms with Gasteiger partial charge in [-0.15, -0.1) is 0 Å². The Labute approximate surface area is 106 Å². The minimum atomic E-state index is -0.879. The molecule has 0 saturated heterocycles. The van der Waals surface area contributed by atoms with Crippen LogP contribution in [-0.4, -0.2) is 24.0 Å².